The molecule has 1 saturated carbocycles. The number of hydrogen-bond donors (Lipinski definition) is 1. The van der Waals surface area contributed by atoms with Crippen LogP contribution in [0.3, 0.4) is 0 Å². The Kier molecular flexibility index (Phi) is 4.17. The van der Waals surface area contributed by atoms with Gasteiger partial charge in [-0.05, 0) is 31.3 Å². The first-order chi connectivity index (χ1) is 9.74. The van der Waals surface area contributed by atoms with Gasteiger partial charge >= 0.3 is 0 Å². The summed E-state index contributed by atoms with van der Waals surface area (Å²) in [5.41, 5.74) is 0.817. The van der Waals surface area contributed by atoms with Gasteiger partial charge in [0.1, 0.15) is 10.5 Å². The van der Waals surface area contributed by atoms with Gasteiger partial charge in [-0.25, -0.2) is 4.98 Å². The molecule has 1 fully saturated rings. The molecule has 20 heavy (non-hydrogen) atoms. The Labute approximate surface area is 122 Å². The van der Waals surface area contributed by atoms with Gasteiger partial charge < -0.3 is 4.98 Å². The Morgan fingerprint density at radius 2 is 2.10 bits per heavy atom. The summed E-state index contributed by atoms with van der Waals surface area (Å²) in [5, 5.41) is 1.92. The van der Waals surface area contributed by atoms with Crippen LogP contribution in [-0.2, 0) is 6.54 Å². The van der Waals surface area contributed by atoms with Crippen LogP contribution in [0.5, 0.6) is 0 Å². The molecule has 3 rings (SSSR count). The third-order valence-corrected chi connectivity index (χ3v) is 5.11. The zero-order chi connectivity index (χ0) is 13.9. The predicted octanol–water partition coefficient (Wildman–Crippen LogP) is 3.14. The number of aromatic amines is 1. The highest BCUT2D eigenvalue weighted by molar-refractivity contribution is 7.17. The molecule has 1 N–H and O–H groups in total. The number of hydrogen-bond acceptors (Lipinski definition) is 4. The highest BCUT2D eigenvalue weighted by Crippen LogP contribution is 2.22. The van der Waals surface area contributed by atoms with E-state index in [0.29, 0.717) is 6.04 Å². The van der Waals surface area contributed by atoms with Crippen LogP contribution in [-0.4, -0.2) is 28.0 Å². The van der Waals surface area contributed by atoms with Crippen molar-refractivity contribution < 1.29 is 0 Å². The van der Waals surface area contributed by atoms with E-state index < -0.39 is 0 Å². The summed E-state index contributed by atoms with van der Waals surface area (Å²) in [6, 6.07) is 2.55. The molecule has 5 heteroatoms. The van der Waals surface area contributed by atoms with Crippen LogP contribution in [0.25, 0.3) is 10.2 Å². The van der Waals surface area contributed by atoms with E-state index >= 15 is 0 Å². The molecule has 1 aliphatic carbocycles. The lowest BCUT2D eigenvalue weighted by Crippen LogP contribution is -2.32. The molecule has 2 aromatic rings. The maximum absolute atomic E-state index is 12.0. The van der Waals surface area contributed by atoms with Gasteiger partial charge in [-0.2, -0.15) is 0 Å². The normalized spacial score (nSPS) is 17.7. The quantitative estimate of drug-likeness (QED) is 0.884. The zero-order valence-electron chi connectivity index (χ0n) is 11.9. The Morgan fingerprint density at radius 1 is 1.35 bits per heavy atom. The maximum atomic E-state index is 12.0. The largest absolute Gasteiger partial charge is 0.308 e. The van der Waals surface area contributed by atoms with E-state index in [2.05, 4.69) is 21.9 Å². The summed E-state index contributed by atoms with van der Waals surface area (Å²) in [6.07, 6.45) is 7.90. The summed E-state index contributed by atoms with van der Waals surface area (Å²) >= 11 is 1.45. The van der Waals surface area contributed by atoms with Crippen molar-refractivity contribution in [2.75, 3.05) is 7.05 Å². The molecule has 0 spiro atoms. The summed E-state index contributed by atoms with van der Waals surface area (Å²) in [4.78, 5) is 21.8. The van der Waals surface area contributed by atoms with E-state index in [0.717, 1.165) is 22.6 Å². The second kappa shape index (κ2) is 6.06. The average Bonchev–Trinajstić information content (AvgIpc) is 2.73. The van der Waals surface area contributed by atoms with E-state index in [1.165, 1.54) is 49.9 Å². The van der Waals surface area contributed by atoms with E-state index in [1.54, 1.807) is 0 Å². The van der Waals surface area contributed by atoms with Crippen molar-refractivity contribution in [3.8, 4) is 0 Å². The van der Waals surface area contributed by atoms with Crippen LogP contribution in [0, 0.1) is 0 Å². The summed E-state index contributed by atoms with van der Waals surface area (Å²) in [6.45, 7) is 0.728. The molecule has 0 bridgehead atoms. The Morgan fingerprint density at radius 3 is 2.85 bits per heavy atom. The van der Waals surface area contributed by atoms with Gasteiger partial charge in [0, 0.05) is 6.04 Å². The first-order valence-corrected chi connectivity index (χ1v) is 8.28. The summed E-state index contributed by atoms with van der Waals surface area (Å²) in [5.74, 6) is 0.785. The second-order valence-corrected chi connectivity index (χ2v) is 6.62. The third kappa shape index (κ3) is 2.94. The number of nitrogens with one attached hydrogen (secondary N) is 1. The van der Waals surface area contributed by atoms with E-state index in [-0.39, 0.29) is 5.56 Å². The zero-order valence-corrected chi connectivity index (χ0v) is 12.7. The molecule has 1 aliphatic rings. The fraction of sp³-hybridized carbons (Fsp3) is 0.600. The highest BCUT2D eigenvalue weighted by Gasteiger charge is 2.18. The maximum Gasteiger partial charge on any atom is 0.268 e. The molecule has 0 saturated heterocycles. The van der Waals surface area contributed by atoms with E-state index in [9.17, 15) is 4.79 Å². The topological polar surface area (TPSA) is 49.0 Å². The Bertz CT molecular complexity index is 625. The van der Waals surface area contributed by atoms with Crippen LogP contribution < -0.4 is 5.56 Å². The molecule has 2 heterocycles. The molecule has 0 atom stereocenters. The average molecular weight is 291 g/mol. The molecule has 108 valence electrons. The van der Waals surface area contributed by atoms with Gasteiger partial charge in [0.05, 0.1) is 12.1 Å². The van der Waals surface area contributed by atoms with Crippen molar-refractivity contribution >= 4 is 21.6 Å². The van der Waals surface area contributed by atoms with Crippen molar-refractivity contribution in [1.82, 2.24) is 14.9 Å². The molecule has 0 radical (unpaired) electrons. The SMILES string of the molecule is CN(Cc1nc2ccsc2c(=O)[nH]1)C1CCCCCC1. The van der Waals surface area contributed by atoms with Gasteiger partial charge in [0.15, 0.2) is 0 Å². The first kappa shape index (κ1) is 13.8. The second-order valence-electron chi connectivity index (χ2n) is 5.71. The van der Waals surface area contributed by atoms with Gasteiger partial charge in [-0.15, -0.1) is 11.3 Å². The molecule has 0 unspecified atom stereocenters. The molecular formula is C15H21N3OS. The minimum atomic E-state index is -0.00531. The van der Waals surface area contributed by atoms with Crippen LogP contribution >= 0.6 is 11.3 Å². The molecule has 0 amide bonds. The highest BCUT2D eigenvalue weighted by atomic mass is 32.1. The summed E-state index contributed by atoms with van der Waals surface area (Å²) in [7, 11) is 2.15. The fourth-order valence-corrected chi connectivity index (χ4v) is 3.79. The number of rotatable bonds is 3. The van der Waals surface area contributed by atoms with Crippen molar-refractivity contribution in [1.29, 1.82) is 0 Å². The Balaban J connectivity index is 1.76. The first-order valence-electron chi connectivity index (χ1n) is 7.40. The minimum absolute atomic E-state index is 0.00531. The standard InChI is InChI=1S/C15H21N3OS/c1-18(11-6-4-2-3-5-7-11)10-13-16-12-8-9-20-14(12)15(19)17-13/h8-9,11H,2-7,10H2,1H3,(H,16,17,19). The van der Waals surface area contributed by atoms with Crippen molar-refractivity contribution in [3.05, 3.63) is 27.6 Å². The number of nitrogens with zero attached hydrogens (tertiary/aromatic N) is 2. The number of fused-ring (bicyclic) bond motifs is 1. The van der Waals surface area contributed by atoms with Gasteiger partial charge in [0.25, 0.3) is 5.56 Å². The van der Waals surface area contributed by atoms with Crippen molar-refractivity contribution in [2.24, 2.45) is 0 Å². The molecule has 2 aromatic heterocycles. The van der Waals surface area contributed by atoms with Gasteiger partial charge in [-0.3, -0.25) is 9.69 Å². The predicted molar refractivity (Wildman–Crippen MR) is 83.2 cm³/mol. The van der Waals surface area contributed by atoms with Crippen LogP contribution in [0.2, 0.25) is 0 Å². The smallest absolute Gasteiger partial charge is 0.268 e. The van der Waals surface area contributed by atoms with E-state index in [4.69, 9.17) is 0 Å². The molecular weight excluding hydrogens is 270 g/mol. The van der Waals surface area contributed by atoms with Crippen LogP contribution in [0.1, 0.15) is 44.3 Å². The number of thiophene rings is 1. The van der Waals surface area contributed by atoms with Crippen LogP contribution in [0.4, 0.5) is 0 Å². The third-order valence-electron chi connectivity index (χ3n) is 4.21. The van der Waals surface area contributed by atoms with Crippen LogP contribution in [0.15, 0.2) is 16.2 Å². The van der Waals surface area contributed by atoms with Gasteiger partial charge in [-0.1, -0.05) is 25.7 Å². The minimum Gasteiger partial charge on any atom is -0.308 e. The number of H-pyrrole nitrogens is 1. The Hall–Kier alpha value is -1.20. The molecule has 0 aromatic carbocycles. The lowest BCUT2D eigenvalue weighted by molar-refractivity contribution is 0.208. The summed E-state index contributed by atoms with van der Waals surface area (Å²) < 4.78 is 0.728. The monoisotopic (exact) mass is 291 g/mol. The van der Waals surface area contributed by atoms with E-state index in [1.807, 2.05) is 11.4 Å². The van der Waals surface area contributed by atoms with Crippen molar-refractivity contribution in [2.45, 2.75) is 51.1 Å². The molecule has 4 nitrogen and oxygen atoms in total. The fourth-order valence-electron chi connectivity index (χ4n) is 3.06. The van der Waals surface area contributed by atoms with Gasteiger partial charge in [0.2, 0.25) is 0 Å². The van der Waals surface area contributed by atoms with Crippen molar-refractivity contribution in [3.63, 3.8) is 0 Å². The molecule has 0 aliphatic heterocycles. The lowest BCUT2D eigenvalue weighted by Gasteiger charge is -2.26. The number of aromatic nitrogens is 2. The lowest BCUT2D eigenvalue weighted by atomic mass is 10.1.